The van der Waals surface area contributed by atoms with E-state index in [1.165, 1.54) is 0 Å². The molecule has 2 aromatic rings. The largest absolute Gasteiger partial charge is 0.442 e. The zero-order valence-corrected chi connectivity index (χ0v) is 13.8. The van der Waals surface area contributed by atoms with Crippen LogP contribution in [-0.2, 0) is 4.74 Å². The van der Waals surface area contributed by atoms with Crippen molar-refractivity contribution in [3.63, 3.8) is 0 Å². The Hall–Kier alpha value is -2.82. The molecule has 24 heavy (non-hydrogen) atoms. The Morgan fingerprint density at radius 3 is 2.58 bits per heavy atom. The molecular formula is C19H20N2O3. The van der Waals surface area contributed by atoms with Crippen molar-refractivity contribution < 1.29 is 14.3 Å². The third kappa shape index (κ3) is 3.56. The minimum absolute atomic E-state index is 0.163. The molecule has 2 aromatic carbocycles. The van der Waals surface area contributed by atoms with Gasteiger partial charge in [-0.2, -0.15) is 0 Å². The van der Waals surface area contributed by atoms with Crippen LogP contribution >= 0.6 is 0 Å². The summed E-state index contributed by atoms with van der Waals surface area (Å²) in [5.74, 6) is -0.163. The third-order valence-electron chi connectivity index (χ3n) is 3.96. The van der Waals surface area contributed by atoms with Gasteiger partial charge in [-0.3, -0.25) is 9.69 Å². The average Bonchev–Trinajstić information content (AvgIpc) is 2.93. The highest BCUT2D eigenvalue weighted by molar-refractivity contribution is 5.94. The molecule has 1 aliphatic rings. The Morgan fingerprint density at radius 1 is 1.17 bits per heavy atom. The zero-order valence-electron chi connectivity index (χ0n) is 13.8. The van der Waals surface area contributed by atoms with Crippen LogP contribution in [0.4, 0.5) is 10.5 Å². The summed E-state index contributed by atoms with van der Waals surface area (Å²) in [5.41, 5.74) is 3.53. The first kappa shape index (κ1) is 16.1. The summed E-state index contributed by atoms with van der Waals surface area (Å²) in [7, 11) is 0. The topological polar surface area (TPSA) is 58.6 Å². The number of benzene rings is 2. The molecule has 2 amide bonds. The number of anilines is 1. The lowest BCUT2D eigenvalue weighted by Crippen LogP contribution is -2.34. The maximum atomic E-state index is 12.2. The number of rotatable bonds is 4. The minimum Gasteiger partial charge on any atom is -0.442 e. The van der Waals surface area contributed by atoms with Gasteiger partial charge in [0.2, 0.25) is 0 Å². The van der Waals surface area contributed by atoms with Crippen LogP contribution in [0.5, 0.6) is 0 Å². The van der Waals surface area contributed by atoms with Gasteiger partial charge in [0.15, 0.2) is 0 Å². The summed E-state index contributed by atoms with van der Waals surface area (Å²) in [6.07, 6.45) is -0.734. The van der Waals surface area contributed by atoms with Crippen molar-refractivity contribution in [1.82, 2.24) is 5.32 Å². The van der Waals surface area contributed by atoms with Gasteiger partial charge in [-0.1, -0.05) is 29.8 Å². The molecule has 0 bridgehead atoms. The maximum Gasteiger partial charge on any atom is 0.414 e. The molecule has 5 heteroatoms. The van der Waals surface area contributed by atoms with E-state index in [9.17, 15) is 9.59 Å². The van der Waals surface area contributed by atoms with Crippen LogP contribution in [0.2, 0.25) is 0 Å². The molecule has 3 rings (SSSR count). The van der Waals surface area contributed by atoms with Gasteiger partial charge in [0.25, 0.3) is 5.91 Å². The van der Waals surface area contributed by atoms with Gasteiger partial charge in [0.05, 0.1) is 13.1 Å². The Morgan fingerprint density at radius 2 is 1.88 bits per heavy atom. The van der Waals surface area contributed by atoms with E-state index >= 15 is 0 Å². The van der Waals surface area contributed by atoms with Crippen molar-refractivity contribution in [2.75, 3.05) is 18.0 Å². The highest BCUT2D eigenvalue weighted by atomic mass is 16.6. The van der Waals surface area contributed by atoms with Crippen molar-refractivity contribution in [2.24, 2.45) is 0 Å². The van der Waals surface area contributed by atoms with Crippen LogP contribution in [0.25, 0.3) is 0 Å². The highest BCUT2D eigenvalue weighted by Gasteiger charge is 2.32. The molecule has 0 aromatic heterocycles. The van der Waals surface area contributed by atoms with Gasteiger partial charge >= 0.3 is 6.09 Å². The van der Waals surface area contributed by atoms with Gasteiger partial charge in [-0.25, -0.2) is 4.79 Å². The molecule has 1 fully saturated rings. The van der Waals surface area contributed by atoms with E-state index in [0.717, 1.165) is 16.8 Å². The smallest absolute Gasteiger partial charge is 0.414 e. The second-order valence-electron chi connectivity index (χ2n) is 6.03. The molecule has 5 nitrogen and oxygen atoms in total. The molecule has 1 unspecified atom stereocenters. The van der Waals surface area contributed by atoms with E-state index in [0.29, 0.717) is 18.7 Å². The zero-order chi connectivity index (χ0) is 17.1. The number of carbonyl (C=O) groups excluding carboxylic acids is 2. The summed E-state index contributed by atoms with van der Waals surface area (Å²) in [4.78, 5) is 25.8. The first-order valence-electron chi connectivity index (χ1n) is 7.92. The molecule has 1 atom stereocenters. The fourth-order valence-corrected chi connectivity index (χ4v) is 2.73. The van der Waals surface area contributed by atoms with Gasteiger partial charge in [0, 0.05) is 11.3 Å². The molecule has 0 spiro atoms. The second-order valence-corrected chi connectivity index (χ2v) is 6.03. The van der Waals surface area contributed by atoms with Gasteiger partial charge in [-0.15, -0.1) is 0 Å². The highest BCUT2D eigenvalue weighted by Crippen LogP contribution is 2.22. The van der Waals surface area contributed by atoms with Crippen molar-refractivity contribution in [3.8, 4) is 0 Å². The van der Waals surface area contributed by atoms with Crippen LogP contribution in [0.15, 0.2) is 48.5 Å². The lowest BCUT2D eigenvalue weighted by atomic mass is 10.1. The van der Waals surface area contributed by atoms with Gasteiger partial charge < -0.3 is 10.1 Å². The molecule has 1 N–H and O–H groups in total. The van der Waals surface area contributed by atoms with E-state index < -0.39 is 0 Å². The van der Waals surface area contributed by atoms with Crippen LogP contribution < -0.4 is 10.2 Å². The first-order valence-corrected chi connectivity index (χ1v) is 7.92. The molecule has 1 heterocycles. The molecule has 1 saturated heterocycles. The Kier molecular flexibility index (Phi) is 4.51. The number of hydrogen-bond donors (Lipinski definition) is 1. The predicted molar refractivity (Wildman–Crippen MR) is 92.3 cm³/mol. The second kappa shape index (κ2) is 6.74. The number of hydrogen-bond acceptors (Lipinski definition) is 3. The average molecular weight is 324 g/mol. The summed E-state index contributed by atoms with van der Waals surface area (Å²) in [6, 6.07) is 15.1. The van der Waals surface area contributed by atoms with Crippen molar-refractivity contribution in [3.05, 3.63) is 65.2 Å². The molecule has 0 aliphatic carbocycles. The number of nitrogens with one attached hydrogen (secondary N) is 1. The fraction of sp³-hybridized carbons (Fsp3) is 0.263. The fourth-order valence-electron chi connectivity index (χ4n) is 2.73. The maximum absolute atomic E-state index is 12.2. The lowest BCUT2D eigenvalue weighted by Gasteiger charge is -2.13. The number of nitrogens with zero attached hydrogens (tertiary/aromatic N) is 1. The molecular weight excluding hydrogens is 304 g/mol. The Bertz CT molecular complexity index is 773. The Labute approximate surface area is 141 Å². The minimum atomic E-state index is -0.379. The van der Waals surface area contributed by atoms with E-state index in [1.807, 2.05) is 56.3 Å². The number of aryl methyl sites for hydroxylation is 2. The standard InChI is InChI=1S/C19H20N2O3/c1-13-5-3-7-15(9-13)18(22)20-11-17-12-21(19(23)24-17)16-8-4-6-14(2)10-16/h3-10,17H,11-12H2,1-2H3,(H,20,22). The van der Waals surface area contributed by atoms with Gasteiger partial charge in [-0.05, 0) is 43.7 Å². The summed E-state index contributed by atoms with van der Waals surface area (Å²) in [6.45, 7) is 4.64. The van der Waals surface area contributed by atoms with E-state index in [4.69, 9.17) is 4.74 Å². The van der Waals surface area contributed by atoms with Crippen LogP contribution in [0.1, 0.15) is 21.5 Å². The summed E-state index contributed by atoms with van der Waals surface area (Å²) >= 11 is 0. The van der Waals surface area contributed by atoms with Crippen LogP contribution in [0.3, 0.4) is 0 Å². The van der Waals surface area contributed by atoms with E-state index in [-0.39, 0.29) is 18.1 Å². The molecule has 0 radical (unpaired) electrons. The number of cyclic esters (lactones) is 1. The summed E-state index contributed by atoms with van der Waals surface area (Å²) < 4.78 is 5.35. The monoisotopic (exact) mass is 324 g/mol. The Balaban J connectivity index is 1.59. The molecule has 124 valence electrons. The van der Waals surface area contributed by atoms with E-state index in [2.05, 4.69) is 5.32 Å². The number of amides is 2. The SMILES string of the molecule is Cc1cccc(C(=O)NCC2CN(c3cccc(C)c3)C(=O)O2)c1. The summed E-state index contributed by atoms with van der Waals surface area (Å²) in [5, 5.41) is 2.83. The van der Waals surface area contributed by atoms with Crippen LogP contribution in [-0.4, -0.2) is 31.2 Å². The molecule has 1 aliphatic heterocycles. The predicted octanol–water partition coefficient (Wildman–Crippen LogP) is 3.06. The van der Waals surface area contributed by atoms with Crippen LogP contribution in [0, 0.1) is 13.8 Å². The lowest BCUT2D eigenvalue weighted by molar-refractivity contribution is 0.0916. The third-order valence-corrected chi connectivity index (χ3v) is 3.96. The van der Waals surface area contributed by atoms with E-state index in [1.54, 1.807) is 11.0 Å². The van der Waals surface area contributed by atoms with Crippen molar-refractivity contribution in [1.29, 1.82) is 0 Å². The number of ether oxygens (including phenoxy) is 1. The van der Waals surface area contributed by atoms with Gasteiger partial charge in [0.1, 0.15) is 6.10 Å². The first-order chi connectivity index (χ1) is 11.5. The quantitative estimate of drug-likeness (QED) is 0.940. The number of carbonyl (C=O) groups is 2. The van der Waals surface area contributed by atoms with Crippen molar-refractivity contribution >= 4 is 17.7 Å². The van der Waals surface area contributed by atoms with Crippen molar-refractivity contribution in [2.45, 2.75) is 20.0 Å². The normalized spacial score (nSPS) is 16.8. The molecule has 0 saturated carbocycles.